The van der Waals surface area contributed by atoms with Gasteiger partial charge in [0.15, 0.2) is 0 Å². The van der Waals surface area contributed by atoms with Gasteiger partial charge in [-0.05, 0) is 136 Å². The minimum absolute atomic E-state index is 0.0316. The Morgan fingerprint density at radius 3 is 2.32 bits per heavy atom. The van der Waals surface area contributed by atoms with Gasteiger partial charge < -0.3 is 10.2 Å². The highest BCUT2D eigenvalue weighted by atomic mass is 16.3. The summed E-state index contributed by atoms with van der Waals surface area (Å²) in [4.78, 5) is 0. The summed E-state index contributed by atoms with van der Waals surface area (Å²) in [7, 11) is 0. The smallest absolute Gasteiger partial charge is 0.0622 e. The lowest BCUT2D eigenvalue weighted by Crippen LogP contribution is -2.52. The molecule has 6 fully saturated rings. The zero-order valence-corrected chi connectivity index (χ0v) is 18.3. The molecule has 2 N–H and O–H groups in total. The third kappa shape index (κ3) is 2.58. The average molecular weight is 387 g/mol. The van der Waals surface area contributed by atoms with Gasteiger partial charge in [-0.3, -0.25) is 0 Å². The summed E-state index contributed by atoms with van der Waals surface area (Å²) in [6.45, 7) is 7.14. The maximum atomic E-state index is 11.0. The van der Waals surface area contributed by atoms with E-state index in [2.05, 4.69) is 20.8 Å². The normalized spacial score (nSPS) is 59.5. The Morgan fingerprint density at radius 2 is 1.57 bits per heavy atom. The van der Waals surface area contributed by atoms with E-state index in [0.29, 0.717) is 17.3 Å². The van der Waals surface area contributed by atoms with E-state index >= 15 is 0 Å². The second-order valence-electron chi connectivity index (χ2n) is 12.9. The summed E-state index contributed by atoms with van der Waals surface area (Å²) in [6.07, 6.45) is 13.0. The molecule has 2 nitrogen and oxygen atoms in total. The van der Waals surface area contributed by atoms with Crippen LogP contribution in [0.5, 0.6) is 0 Å². The first-order chi connectivity index (χ1) is 13.3. The third-order valence-corrected chi connectivity index (χ3v) is 11.3. The Morgan fingerprint density at radius 1 is 0.821 bits per heavy atom. The van der Waals surface area contributed by atoms with Crippen LogP contribution in [-0.4, -0.2) is 21.9 Å². The minimum atomic E-state index is -0.397. The van der Waals surface area contributed by atoms with E-state index in [9.17, 15) is 10.2 Å². The van der Waals surface area contributed by atoms with Gasteiger partial charge in [-0.25, -0.2) is 0 Å². The van der Waals surface area contributed by atoms with Gasteiger partial charge in [-0.15, -0.1) is 0 Å². The molecule has 0 aliphatic heterocycles. The molecule has 6 aliphatic rings. The van der Waals surface area contributed by atoms with Crippen LogP contribution >= 0.6 is 0 Å². The molecule has 6 saturated carbocycles. The first kappa shape index (κ1) is 18.7. The second-order valence-corrected chi connectivity index (χ2v) is 12.9. The molecule has 12 atom stereocenters. The second kappa shape index (κ2) is 6.00. The van der Waals surface area contributed by atoms with Crippen LogP contribution in [0.4, 0.5) is 0 Å². The van der Waals surface area contributed by atoms with E-state index in [0.717, 1.165) is 60.2 Å². The van der Waals surface area contributed by atoms with Gasteiger partial charge in [0, 0.05) is 0 Å². The summed E-state index contributed by atoms with van der Waals surface area (Å²) in [5.74, 6) is 8.35. The number of rotatable bonds is 3. The lowest BCUT2D eigenvalue weighted by Gasteiger charge is -2.58. The molecule has 0 amide bonds. The summed E-state index contributed by atoms with van der Waals surface area (Å²) in [5.41, 5.74) is 0.0998. The molecular weight excluding hydrogens is 344 g/mol. The summed E-state index contributed by atoms with van der Waals surface area (Å²) < 4.78 is 0. The molecule has 0 unspecified atom stereocenters. The van der Waals surface area contributed by atoms with Crippen LogP contribution in [0.1, 0.15) is 85.0 Å². The first-order valence-electron chi connectivity index (χ1n) is 12.7. The SMILES string of the molecule is C[C@@H]([C@H]1[C@H]2C[C@H]2[C@H]2[C@@H]3CC[C@@H]4C[C@](C)(O)CC[C@@H]4[C@H]3CC[C@@]21C)[C@H](O)C1CC1. The van der Waals surface area contributed by atoms with Crippen LogP contribution in [0.15, 0.2) is 0 Å². The van der Waals surface area contributed by atoms with Gasteiger partial charge in [0.2, 0.25) is 0 Å². The van der Waals surface area contributed by atoms with Crippen molar-refractivity contribution in [1.29, 1.82) is 0 Å². The van der Waals surface area contributed by atoms with Crippen molar-refractivity contribution in [2.75, 3.05) is 0 Å². The topological polar surface area (TPSA) is 40.5 Å². The molecule has 0 aromatic carbocycles. The number of aliphatic hydroxyl groups is 2. The van der Waals surface area contributed by atoms with Gasteiger partial charge in [0.1, 0.15) is 0 Å². The first-order valence-corrected chi connectivity index (χ1v) is 12.7. The molecule has 0 aromatic heterocycles. The van der Waals surface area contributed by atoms with Crippen LogP contribution in [0.2, 0.25) is 0 Å². The number of hydrogen-bond donors (Lipinski definition) is 2. The van der Waals surface area contributed by atoms with Crippen LogP contribution in [0, 0.1) is 64.6 Å². The third-order valence-electron chi connectivity index (χ3n) is 11.3. The molecule has 0 saturated heterocycles. The van der Waals surface area contributed by atoms with Crippen molar-refractivity contribution < 1.29 is 10.2 Å². The van der Waals surface area contributed by atoms with E-state index < -0.39 is 5.60 Å². The predicted octanol–water partition coefficient (Wildman–Crippen LogP) is 5.27. The molecule has 0 bridgehead atoms. The molecule has 0 aromatic rings. The van der Waals surface area contributed by atoms with Gasteiger partial charge in [0.05, 0.1) is 11.7 Å². The molecule has 0 heterocycles. The molecule has 6 rings (SSSR count). The largest absolute Gasteiger partial charge is 0.393 e. The summed E-state index contributed by atoms with van der Waals surface area (Å²) in [6, 6.07) is 0. The number of hydrogen-bond acceptors (Lipinski definition) is 2. The molecule has 0 spiro atoms. The quantitative estimate of drug-likeness (QED) is 0.694. The van der Waals surface area contributed by atoms with Crippen molar-refractivity contribution in [3.05, 3.63) is 0 Å². The molecule has 0 radical (unpaired) electrons. The lowest BCUT2D eigenvalue weighted by atomic mass is 9.47. The number of fused-ring (bicyclic) bond motifs is 7. The Balaban J connectivity index is 1.25. The van der Waals surface area contributed by atoms with Crippen molar-refractivity contribution in [2.24, 2.45) is 64.6 Å². The maximum Gasteiger partial charge on any atom is 0.0622 e. The Bertz CT molecular complexity index is 638. The molecule has 158 valence electrons. The monoisotopic (exact) mass is 386 g/mol. The van der Waals surface area contributed by atoms with Crippen molar-refractivity contribution in [1.82, 2.24) is 0 Å². The average Bonchev–Trinajstić information content (AvgIpc) is 3.55. The predicted molar refractivity (Wildman–Crippen MR) is 111 cm³/mol. The minimum Gasteiger partial charge on any atom is -0.393 e. The van der Waals surface area contributed by atoms with Crippen molar-refractivity contribution >= 4 is 0 Å². The van der Waals surface area contributed by atoms with Crippen molar-refractivity contribution in [2.45, 2.75) is 96.7 Å². The molecule has 28 heavy (non-hydrogen) atoms. The van der Waals surface area contributed by atoms with E-state index in [1.54, 1.807) is 0 Å². The van der Waals surface area contributed by atoms with Crippen LogP contribution < -0.4 is 0 Å². The highest BCUT2D eigenvalue weighted by Crippen LogP contribution is 2.76. The molecule has 6 aliphatic carbocycles. The van der Waals surface area contributed by atoms with Crippen molar-refractivity contribution in [3.8, 4) is 0 Å². The Hall–Kier alpha value is -0.0800. The Labute approximate surface area is 171 Å². The molecular formula is C26H42O2. The van der Waals surface area contributed by atoms with E-state index in [-0.39, 0.29) is 6.10 Å². The standard InChI is InChI=1S/C26H42O2/c1-14(24(27)15-4-5-15)22-20-12-21(20)23-19-7-6-16-13-25(2,28)10-8-17(16)18(19)9-11-26(22,23)3/h14-24,27-28H,4-13H2,1-3H3/t14-,16+,17-,18+,19+,20-,21+,22-,23+,24-,25+,26+/m0/s1. The van der Waals surface area contributed by atoms with Crippen LogP contribution in [0.25, 0.3) is 0 Å². The fraction of sp³-hybridized carbons (Fsp3) is 1.00. The highest BCUT2D eigenvalue weighted by molar-refractivity contribution is 5.18. The van der Waals surface area contributed by atoms with E-state index in [1.165, 1.54) is 51.4 Å². The van der Waals surface area contributed by atoms with E-state index in [1.807, 2.05) is 0 Å². The Kier molecular flexibility index (Phi) is 4.00. The van der Waals surface area contributed by atoms with Crippen LogP contribution in [-0.2, 0) is 0 Å². The van der Waals surface area contributed by atoms with Gasteiger partial charge >= 0.3 is 0 Å². The lowest BCUT2D eigenvalue weighted by molar-refractivity contribution is -0.116. The van der Waals surface area contributed by atoms with Gasteiger partial charge in [-0.2, -0.15) is 0 Å². The summed E-state index contributed by atoms with van der Waals surface area (Å²) >= 11 is 0. The van der Waals surface area contributed by atoms with Gasteiger partial charge in [0.25, 0.3) is 0 Å². The molecule has 2 heteroatoms. The summed E-state index contributed by atoms with van der Waals surface area (Å²) in [5, 5.41) is 21.6. The van der Waals surface area contributed by atoms with E-state index in [4.69, 9.17) is 0 Å². The van der Waals surface area contributed by atoms with Crippen molar-refractivity contribution in [3.63, 3.8) is 0 Å². The zero-order valence-electron chi connectivity index (χ0n) is 18.3. The fourth-order valence-electron chi connectivity index (χ4n) is 10.2. The number of aliphatic hydroxyl groups excluding tert-OH is 1. The highest BCUT2D eigenvalue weighted by Gasteiger charge is 2.70. The zero-order chi connectivity index (χ0) is 19.4. The van der Waals surface area contributed by atoms with Crippen LogP contribution in [0.3, 0.4) is 0 Å². The van der Waals surface area contributed by atoms with Gasteiger partial charge in [-0.1, -0.05) is 13.8 Å². The maximum absolute atomic E-state index is 11.0. The fourth-order valence-corrected chi connectivity index (χ4v) is 10.2.